The summed E-state index contributed by atoms with van der Waals surface area (Å²) in [7, 11) is 0. The highest BCUT2D eigenvalue weighted by molar-refractivity contribution is 5.78. The van der Waals surface area contributed by atoms with Crippen LogP contribution in [0.2, 0.25) is 0 Å². The number of amides is 1. The second-order valence-corrected chi connectivity index (χ2v) is 4.10. The zero-order valence-electron chi connectivity index (χ0n) is 10.3. The fraction of sp³-hybridized carbons (Fsp3) is 0.417. The second kappa shape index (κ2) is 6.53. The summed E-state index contributed by atoms with van der Waals surface area (Å²) in [4.78, 5) is 15.6. The van der Waals surface area contributed by atoms with Crippen LogP contribution in [0.15, 0.2) is 30.3 Å². The number of nitrogens with one attached hydrogen (secondary N) is 1. The van der Waals surface area contributed by atoms with E-state index >= 15 is 0 Å². The molecule has 7 heteroatoms. The standard InChI is InChI=1S/C12H15F3N2O2/c1-8(10(16)9-5-3-2-4-6-9)11(18)17-19-7-12(13,14)15/h2-6,8,10H,7,16H2,1H3,(H,17,18). The van der Waals surface area contributed by atoms with Gasteiger partial charge in [-0.1, -0.05) is 37.3 Å². The van der Waals surface area contributed by atoms with E-state index in [2.05, 4.69) is 4.84 Å². The summed E-state index contributed by atoms with van der Waals surface area (Å²) < 4.78 is 35.5. The Kier molecular flexibility index (Phi) is 5.31. The third-order valence-electron chi connectivity index (χ3n) is 2.55. The Morgan fingerprint density at radius 1 is 1.37 bits per heavy atom. The van der Waals surface area contributed by atoms with Gasteiger partial charge in [0, 0.05) is 6.04 Å². The maximum absolute atomic E-state index is 11.8. The van der Waals surface area contributed by atoms with Crippen molar-refractivity contribution in [1.82, 2.24) is 5.48 Å². The van der Waals surface area contributed by atoms with Crippen LogP contribution in [0, 0.1) is 5.92 Å². The van der Waals surface area contributed by atoms with E-state index in [4.69, 9.17) is 5.73 Å². The molecule has 1 aromatic rings. The minimum Gasteiger partial charge on any atom is -0.323 e. The van der Waals surface area contributed by atoms with Crippen molar-refractivity contribution < 1.29 is 22.8 Å². The maximum atomic E-state index is 11.8. The van der Waals surface area contributed by atoms with Gasteiger partial charge >= 0.3 is 6.18 Å². The number of alkyl halides is 3. The van der Waals surface area contributed by atoms with Crippen LogP contribution in [0.25, 0.3) is 0 Å². The Morgan fingerprint density at radius 3 is 2.47 bits per heavy atom. The van der Waals surface area contributed by atoms with E-state index in [9.17, 15) is 18.0 Å². The van der Waals surface area contributed by atoms with Crippen LogP contribution in [-0.4, -0.2) is 18.7 Å². The number of hydroxylamine groups is 1. The third-order valence-corrected chi connectivity index (χ3v) is 2.55. The van der Waals surface area contributed by atoms with Gasteiger partial charge in [-0.25, -0.2) is 5.48 Å². The highest BCUT2D eigenvalue weighted by Gasteiger charge is 2.29. The van der Waals surface area contributed by atoms with Crippen LogP contribution in [0.5, 0.6) is 0 Å². The summed E-state index contributed by atoms with van der Waals surface area (Å²) in [5, 5.41) is 0. The molecule has 2 unspecified atom stereocenters. The van der Waals surface area contributed by atoms with Crippen molar-refractivity contribution >= 4 is 5.91 Å². The Balaban J connectivity index is 2.48. The van der Waals surface area contributed by atoms with Crippen LogP contribution in [0.3, 0.4) is 0 Å². The van der Waals surface area contributed by atoms with Crippen molar-refractivity contribution in [3.8, 4) is 0 Å². The van der Waals surface area contributed by atoms with Gasteiger partial charge < -0.3 is 5.73 Å². The average molecular weight is 276 g/mol. The Bertz CT molecular complexity index is 409. The predicted molar refractivity (Wildman–Crippen MR) is 62.7 cm³/mol. The van der Waals surface area contributed by atoms with Crippen molar-refractivity contribution in [2.45, 2.75) is 19.1 Å². The van der Waals surface area contributed by atoms with Gasteiger partial charge in [0.15, 0.2) is 6.61 Å². The lowest BCUT2D eigenvalue weighted by atomic mass is 9.95. The molecule has 0 spiro atoms. The van der Waals surface area contributed by atoms with Crippen LogP contribution in [0.1, 0.15) is 18.5 Å². The van der Waals surface area contributed by atoms with E-state index in [0.29, 0.717) is 0 Å². The Hall–Kier alpha value is -1.60. The first-order valence-electron chi connectivity index (χ1n) is 5.60. The summed E-state index contributed by atoms with van der Waals surface area (Å²) >= 11 is 0. The fourth-order valence-corrected chi connectivity index (χ4v) is 1.41. The summed E-state index contributed by atoms with van der Waals surface area (Å²) in [6.07, 6.45) is -4.49. The molecule has 0 radical (unpaired) electrons. The molecule has 19 heavy (non-hydrogen) atoms. The monoisotopic (exact) mass is 276 g/mol. The van der Waals surface area contributed by atoms with E-state index < -0.39 is 30.7 Å². The molecule has 0 bridgehead atoms. The normalized spacial score (nSPS) is 14.8. The first kappa shape index (κ1) is 15.5. The number of hydrogen-bond acceptors (Lipinski definition) is 3. The van der Waals surface area contributed by atoms with Gasteiger partial charge in [0.05, 0.1) is 5.92 Å². The molecule has 0 heterocycles. The lowest BCUT2D eigenvalue weighted by Gasteiger charge is -2.19. The summed E-state index contributed by atoms with van der Waals surface area (Å²) in [6.45, 7) is -0.0179. The van der Waals surface area contributed by atoms with E-state index in [0.717, 1.165) is 5.56 Å². The molecule has 0 saturated carbocycles. The first-order chi connectivity index (χ1) is 8.81. The number of nitrogens with two attached hydrogens (primary N) is 1. The van der Waals surface area contributed by atoms with Gasteiger partial charge in [-0.05, 0) is 5.56 Å². The van der Waals surface area contributed by atoms with Crippen molar-refractivity contribution in [2.75, 3.05) is 6.61 Å². The maximum Gasteiger partial charge on any atom is 0.414 e. The SMILES string of the molecule is CC(C(=O)NOCC(F)(F)F)C(N)c1ccccc1. The Labute approximate surface area is 108 Å². The minimum atomic E-state index is -4.49. The molecule has 106 valence electrons. The van der Waals surface area contributed by atoms with Gasteiger partial charge in [-0.2, -0.15) is 13.2 Å². The highest BCUT2D eigenvalue weighted by Crippen LogP contribution is 2.19. The van der Waals surface area contributed by atoms with Crippen molar-refractivity contribution in [1.29, 1.82) is 0 Å². The molecule has 0 aromatic heterocycles. The number of carbonyl (C=O) groups is 1. The zero-order chi connectivity index (χ0) is 14.5. The van der Waals surface area contributed by atoms with E-state index in [1.165, 1.54) is 6.92 Å². The van der Waals surface area contributed by atoms with E-state index in [1.807, 2.05) is 0 Å². The van der Waals surface area contributed by atoms with E-state index in [-0.39, 0.29) is 0 Å². The van der Waals surface area contributed by atoms with Gasteiger partial charge in [-0.15, -0.1) is 0 Å². The smallest absolute Gasteiger partial charge is 0.323 e. The van der Waals surface area contributed by atoms with Gasteiger partial charge in [-0.3, -0.25) is 9.63 Å². The molecule has 0 aliphatic carbocycles. The van der Waals surface area contributed by atoms with Crippen LogP contribution < -0.4 is 11.2 Å². The lowest BCUT2D eigenvalue weighted by Crippen LogP contribution is -2.37. The van der Waals surface area contributed by atoms with Crippen molar-refractivity contribution in [2.24, 2.45) is 11.7 Å². The van der Waals surface area contributed by atoms with Crippen LogP contribution >= 0.6 is 0 Å². The number of hydrogen-bond donors (Lipinski definition) is 2. The number of rotatable bonds is 5. The molecule has 1 aromatic carbocycles. The average Bonchev–Trinajstić information content (AvgIpc) is 2.36. The number of benzene rings is 1. The van der Waals surface area contributed by atoms with Gasteiger partial charge in [0.2, 0.25) is 5.91 Å². The molecule has 0 aliphatic rings. The van der Waals surface area contributed by atoms with Crippen molar-refractivity contribution in [3.05, 3.63) is 35.9 Å². The minimum absolute atomic E-state index is 0.615. The zero-order valence-corrected chi connectivity index (χ0v) is 10.3. The van der Waals surface area contributed by atoms with E-state index in [1.54, 1.807) is 35.8 Å². The molecule has 2 atom stereocenters. The van der Waals surface area contributed by atoms with Gasteiger partial charge in [0.1, 0.15) is 0 Å². The molecule has 1 rings (SSSR count). The summed E-state index contributed by atoms with van der Waals surface area (Å²) in [6, 6.07) is 8.19. The summed E-state index contributed by atoms with van der Waals surface area (Å²) in [5.74, 6) is -1.41. The number of carbonyl (C=O) groups excluding carboxylic acids is 1. The van der Waals surface area contributed by atoms with Crippen molar-refractivity contribution in [3.63, 3.8) is 0 Å². The molecule has 0 aliphatic heterocycles. The molecular formula is C12H15F3N2O2. The van der Waals surface area contributed by atoms with Crippen LogP contribution in [0.4, 0.5) is 13.2 Å². The molecule has 0 fully saturated rings. The molecule has 4 nitrogen and oxygen atoms in total. The topological polar surface area (TPSA) is 64.3 Å². The largest absolute Gasteiger partial charge is 0.414 e. The van der Waals surface area contributed by atoms with Crippen LogP contribution in [-0.2, 0) is 9.63 Å². The number of halogens is 3. The second-order valence-electron chi connectivity index (χ2n) is 4.10. The quantitative estimate of drug-likeness (QED) is 0.808. The van der Waals surface area contributed by atoms with Gasteiger partial charge in [0.25, 0.3) is 0 Å². The predicted octanol–water partition coefficient (Wildman–Crippen LogP) is 1.93. The molecular weight excluding hydrogens is 261 g/mol. The third kappa shape index (κ3) is 5.27. The Morgan fingerprint density at radius 2 is 1.95 bits per heavy atom. The summed E-state index contributed by atoms with van der Waals surface area (Å²) in [5.41, 5.74) is 8.33. The lowest BCUT2D eigenvalue weighted by molar-refractivity contribution is -0.192. The molecule has 1 amide bonds. The molecule has 0 saturated heterocycles. The fourth-order valence-electron chi connectivity index (χ4n) is 1.41. The first-order valence-corrected chi connectivity index (χ1v) is 5.60. The molecule has 3 N–H and O–H groups in total. The highest BCUT2D eigenvalue weighted by atomic mass is 19.4.